The fraction of sp³-hybridized carbons (Fsp3) is 0.556. The lowest BCUT2D eigenvalue weighted by Gasteiger charge is -2.14. The number of halogens is 1. The third kappa shape index (κ3) is 1.68. The van der Waals surface area contributed by atoms with Gasteiger partial charge in [0.25, 0.3) is 0 Å². The van der Waals surface area contributed by atoms with Crippen LogP contribution in [0.2, 0.25) is 5.15 Å². The molecule has 1 aromatic heterocycles. The second-order valence-corrected chi connectivity index (χ2v) is 4.36. The molecule has 1 heterocycles. The summed E-state index contributed by atoms with van der Waals surface area (Å²) in [6.45, 7) is 6.02. The second-order valence-electron chi connectivity index (χ2n) is 4.00. The van der Waals surface area contributed by atoms with Crippen LogP contribution in [0.3, 0.4) is 0 Å². The summed E-state index contributed by atoms with van der Waals surface area (Å²) in [5.41, 5.74) is 1.09. The molecule has 0 aliphatic heterocycles. The van der Waals surface area contributed by atoms with Crippen molar-refractivity contribution in [2.45, 2.75) is 26.2 Å². The minimum Gasteiger partial charge on any atom is -0.255 e. The van der Waals surface area contributed by atoms with Gasteiger partial charge in [-0.1, -0.05) is 32.4 Å². The van der Waals surface area contributed by atoms with E-state index >= 15 is 0 Å². The van der Waals surface area contributed by atoms with Crippen LogP contribution in [0, 0.1) is 11.3 Å². The van der Waals surface area contributed by atoms with Crippen LogP contribution >= 0.6 is 11.6 Å². The molecule has 0 fully saturated rings. The fourth-order valence-electron chi connectivity index (χ4n) is 1.13. The molecule has 1 rings (SSSR count). The Balaban J connectivity index is 3.41. The van der Waals surface area contributed by atoms with Crippen molar-refractivity contribution < 1.29 is 0 Å². The van der Waals surface area contributed by atoms with Gasteiger partial charge in [-0.2, -0.15) is 10.4 Å². The van der Waals surface area contributed by atoms with Gasteiger partial charge in [0.2, 0.25) is 0 Å². The molecule has 1 aromatic rings. The van der Waals surface area contributed by atoms with Crippen molar-refractivity contribution in [1.82, 2.24) is 9.78 Å². The highest BCUT2D eigenvalue weighted by Crippen LogP contribution is 2.28. The van der Waals surface area contributed by atoms with Crippen LogP contribution in [0.4, 0.5) is 0 Å². The Morgan fingerprint density at radius 1 is 1.46 bits per heavy atom. The average molecular weight is 198 g/mol. The molecule has 0 atom stereocenters. The number of aryl methyl sites for hydroxylation is 1. The van der Waals surface area contributed by atoms with Gasteiger partial charge in [-0.25, -0.2) is 0 Å². The highest BCUT2D eigenvalue weighted by atomic mass is 35.5. The first-order chi connectivity index (χ1) is 5.88. The molecule has 0 unspecified atom stereocenters. The molecule has 0 spiro atoms. The predicted molar refractivity (Wildman–Crippen MR) is 51.6 cm³/mol. The van der Waals surface area contributed by atoms with E-state index in [0.717, 1.165) is 5.69 Å². The van der Waals surface area contributed by atoms with Crippen LogP contribution in [0.1, 0.15) is 32.0 Å². The Morgan fingerprint density at radius 3 is 2.31 bits per heavy atom. The van der Waals surface area contributed by atoms with Gasteiger partial charge in [0.15, 0.2) is 0 Å². The van der Waals surface area contributed by atoms with Crippen molar-refractivity contribution in [2.24, 2.45) is 7.05 Å². The number of hydrogen-bond acceptors (Lipinski definition) is 2. The highest BCUT2D eigenvalue weighted by Gasteiger charge is 2.24. The highest BCUT2D eigenvalue weighted by molar-refractivity contribution is 6.30. The summed E-state index contributed by atoms with van der Waals surface area (Å²) in [6.07, 6.45) is 0. The third-order valence-electron chi connectivity index (χ3n) is 1.80. The van der Waals surface area contributed by atoms with E-state index in [0.29, 0.717) is 10.7 Å². The van der Waals surface area contributed by atoms with Gasteiger partial charge < -0.3 is 0 Å². The van der Waals surface area contributed by atoms with Crippen LogP contribution in [0.25, 0.3) is 0 Å². The van der Waals surface area contributed by atoms with Gasteiger partial charge in [0.1, 0.15) is 16.8 Å². The molecular weight excluding hydrogens is 186 g/mol. The van der Waals surface area contributed by atoms with E-state index in [2.05, 4.69) is 11.2 Å². The van der Waals surface area contributed by atoms with E-state index in [1.807, 2.05) is 20.8 Å². The minimum atomic E-state index is -0.143. The van der Waals surface area contributed by atoms with Crippen molar-refractivity contribution in [3.63, 3.8) is 0 Å². The Hall–Kier alpha value is -1.01. The third-order valence-corrected chi connectivity index (χ3v) is 2.23. The molecule has 0 radical (unpaired) electrons. The summed E-state index contributed by atoms with van der Waals surface area (Å²) in [6, 6.07) is 2.08. The van der Waals surface area contributed by atoms with Crippen LogP contribution in [0.5, 0.6) is 0 Å². The summed E-state index contributed by atoms with van der Waals surface area (Å²) in [7, 11) is 1.73. The van der Waals surface area contributed by atoms with Gasteiger partial charge >= 0.3 is 0 Å². The van der Waals surface area contributed by atoms with Crippen LogP contribution in [0.15, 0.2) is 0 Å². The van der Waals surface area contributed by atoms with E-state index in [1.54, 1.807) is 7.05 Å². The number of rotatable bonds is 0. The lowest BCUT2D eigenvalue weighted by Crippen LogP contribution is -2.14. The van der Waals surface area contributed by atoms with Crippen molar-refractivity contribution in [2.75, 3.05) is 0 Å². The Kier molecular flexibility index (Phi) is 2.36. The number of nitriles is 1. The number of aromatic nitrogens is 2. The van der Waals surface area contributed by atoms with Crippen molar-refractivity contribution in [3.05, 3.63) is 16.4 Å². The zero-order chi connectivity index (χ0) is 10.2. The summed E-state index contributed by atoms with van der Waals surface area (Å²) in [5.74, 6) is 0. The molecule has 13 heavy (non-hydrogen) atoms. The minimum absolute atomic E-state index is 0.143. The van der Waals surface area contributed by atoms with E-state index in [9.17, 15) is 0 Å². The Morgan fingerprint density at radius 2 is 2.00 bits per heavy atom. The molecule has 0 aliphatic carbocycles. The largest absolute Gasteiger partial charge is 0.255 e. The molecular formula is C9H12ClN3. The first-order valence-electron chi connectivity index (χ1n) is 4.01. The molecule has 0 N–H and O–H groups in total. The molecule has 0 bridgehead atoms. The normalized spacial score (nSPS) is 11.4. The smallest absolute Gasteiger partial charge is 0.144 e. The quantitative estimate of drug-likeness (QED) is 0.640. The molecule has 4 heteroatoms. The Bertz CT molecular complexity index is 365. The van der Waals surface area contributed by atoms with Gasteiger partial charge in [0.05, 0.1) is 5.69 Å². The topological polar surface area (TPSA) is 41.6 Å². The van der Waals surface area contributed by atoms with E-state index in [1.165, 1.54) is 4.68 Å². The summed E-state index contributed by atoms with van der Waals surface area (Å²) >= 11 is 5.90. The first kappa shape index (κ1) is 10.1. The first-order valence-corrected chi connectivity index (χ1v) is 4.38. The summed E-state index contributed by atoms with van der Waals surface area (Å²) < 4.78 is 1.53. The predicted octanol–water partition coefficient (Wildman–Crippen LogP) is 2.24. The maximum atomic E-state index is 8.89. The SMILES string of the molecule is Cn1nc(C(C)(C)C)c(C#N)c1Cl. The molecule has 0 amide bonds. The number of nitrogens with zero attached hydrogens (tertiary/aromatic N) is 3. The molecule has 0 saturated carbocycles. The molecule has 0 aliphatic rings. The van der Waals surface area contributed by atoms with E-state index in [4.69, 9.17) is 16.9 Å². The zero-order valence-corrected chi connectivity index (χ0v) is 8.98. The van der Waals surface area contributed by atoms with Gasteiger partial charge in [-0.15, -0.1) is 0 Å². The zero-order valence-electron chi connectivity index (χ0n) is 8.22. The van der Waals surface area contributed by atoms with Crippen molar-refractivity contribution in [3.8, 4) is 6.07 Å². The number of hydrogen-bond donors (Lipinski definition) is 0. The van der Waals surface area contributed by atoms with E-state index in [-0.39, 0.29) is 5.41 Å². The van der Waals surface area contributed by atoms with Gasteiger partial charge in [-0.3, -0.25) is 4.68 Å². The molecule has 0 aromatic carbocycles. The maximum Gasteiger partial charge on any atom is 0.144 e. The monoisotopic (exact) mass is 197 g/mol. The van der Waals surface area contributed by atoms with Crippen molar-refractivity contribution in [1.29, 1.82) is 5.26 Å². The van der Waals surface area contributed by atoms with Gasteiger partial charge in [-0.05, 0) is 0 Å². The fourth-order valence-corrected chi connectivity index (χ4v) is 1.30. The summed E-state index contributed by atoms with van der Waals surface area (Å²) in [4.78, 5) is 0. The lowest BCUT2D eigenvalue weighted by molar-refractivity contribution is 0.552. The average Bonchev–Trinajstić information content (AvgIpc) is 2.28. The molecule has 0 saturated heterocycles. The second kappa shape index (κ2) is 3.04. The standard InChI is InChI=1S/C9H12ClN3/c1-9(2,3)7-6(5-11)8(10)13(4)12-7/h1-4H3. The molecule has 70 valence electrons. The lowest BCUT2D eigenvalue weighted by atomic mass is 9.90. The van der Waals surface area contributed by atoms with Crippen LogP contribution < -0.4 is 0 Å². The maximum absolute atomic E-state index is 8.89. The molecule has 3 nitrogen and oxygen atoms in total. The van der Waals surface area contributed by atoms with Gasteiger partial charge in [0, 0.05) is 12.5 Å². The van der Waals surface area contributed by atoms with E-state index < -0.39 is 0 Å². The van der Waals surface area contributed by atoms with Crippen molar-refractivity contribution >= 4 is 11.6 Å². The Labute approximate surface area is 82.9 Å². The summed E-state index contributed by atoms with van der Waals surface area (Å²) in [5, 5.41) is 13.5. The van der Waals surface area contributed by atoms with Crippen LogP contribution in [-0.4, -0.2) is 9.78 Å². The van der Waals surface area contributed by atoms with Crippen LogP contribution in [-0.2, 0) is 12.5 Å².